The highest BCUT2D eigenvalue weighted by molar-refractivity contribution is 6.14. The molecule has 0 saturated heterocycles. The Balaban J connectivity index is 2.61. The third kappa shape index (κ3) is 11.3. The van der Waals surface area contributed by atoms with Gasteiger partial charge in [0.05, 0.1) is 19.8 Å². The van der Waals surface area contributed by atoms with Crippen molar-refractivity contribution in [2.75, 3.05) is 26.4 Å². The second-order valence-electron chi connectivity index (χ2n) is 10.7. The molecule has 0 aliphatic carbocycles. The van der Waals surface area contributed by atoms with E-state index in [1.54, 1.807) is 6.07 Å². The summed E-state index contributed by atoms with van der Waals surface area (Å²) in [7, 11) is 0. The van der Waals surface area contributed by atoms with Crippen LogP contribution in [0.3, 0.4) is 0 Å². The van der Waals surface area contributed by atoms with Gasteiger partial charge in [-0.3, -0.25) is 9.59 Å². The summed E-state index contributed by atoms with van der Waals surface area (Å²) in [6.07, 6.45) is 0.210. The lowest BCUT2D eigenvalue weighted by atomic mass is 9.97. The van der Waals surface area contributed by atoms with Crippen molar-refractivity contribution in [2.24, 2.45) is 28.6 Å². The van der Waals surface area contributed by atoms with Crippen molar-refractivity contribution in [3.63, 3.8) is 0 Å². The van der Waals surface area contributed by atoms with E-state index in [0.29, 0.717) is 65.7 Å². The molecule has 214 valence electrons. The van der Waals surface area contributed by atoms with E-state index in [9.17, 15) is 14.7 Å². The van der Waals surface area contributed by atoms with Crippen LogP contribution in [0.2, 0.25) is 0 Å². The normalized spacial score (nSPS) is 11.7. The first-order valence-electron chi connectivity index (χ1n) is 13.3. The average molecular weight is 543 g/mol. The van der Waals surface area contributed by atoms with Gasteiger partial charge in [-0.25, -0.2) is 0 Å². The molecule has 0 aromatic heterocycles. The number of ether oxygens (including phenoxy) is 3. The number of carbonyl (C=O) groups excluding carboxylic acids is 1. The molecular formula is C30H42N2O7. The van der Waals surface area contributed by atoms with Gasteiger partial charge < -0.3 is 29.9 Å². The van der Waals surface area contributed by atoms with E-state index in [1.165, 1.54) is 0 Å². The first-order valence-corrected chi connectivity index (χ1v) is 13.3. The van der Waals surface area contributed by atoms with Gasteiger partial charge in [0.2, 0.25) is 0 Å². The Morgan fingerprint density at radius 2 is 1.46 bits per heavy atom. The number of nitrogens with two attached hydrogens (primary N) is 1. The summed E-state index contributed by atoms with van der Waals surface area (Å²) in [5.74, 6) is 1.16. The van der Waals surface area contributed by atoms with Crippen LogP contribution in [0.1, 0.15) is 64.7 Å². The molecule has 0 bridgehead atoms. The lowest BCUT2D eigenvalue weighted by Crippen LogP contribution is -2.18. The molecule has 9 heteroatoms. The quantitative estimate of drug-likeness (QED) is 0.211. The van der Waals surface area contributed by atoms with Gasteiger partial charge in [-0.2, -0.15) is 0 Å². The van der Waals surface area contributed by atoms with Crippen molar-refractivity contribution in [3.05, 3.63) is 53.1 Å². The Kier molecular flexibility index (Phi) is 12.6. The largest absolute Gasteiger partial charge is 0.493 e. The maximum absolute atomic E-state index is 11.4. The van der Waals surface area contributed by atoms with Gasteiger partial charge in [0, 0.05) is 23.6 Å². The zero-order chi connectivity index (χ0) is 28.9. The van der Waals surface area contributed by atoms with Crippen LogP contribution in [-0.2, 0) is 20.8 Å². The SMILES string of the molecule is CC(C)COc1ccc(/C(=N\OCC(N)=O)c2ccc(OCC(C)C)c(CCC(=O)O)c2)c(OCC(C)C)c1. The van der Waals surface area contributed by atoms with E-state index in [-0.39, 0.29) is 18.8 Å². The number of rotatable bonds is 17. The molecule has 1 amide bonds. The number of oxime groups is 1. The van der Waals surface area contributed by atoms with Crippen molar-refractivity contribution < 1.29 is 33.7 Å². The van der Waals surface area contributed by atoms with Crippen molar-refractivity contribution >= 4 is 17.6 Å². The van der Waals surface area contributed by atoms with Gasteiger partial charge in [-0.1, -0.05) is 46.7 Å². The Labute approximate surface area is 231 Å². The molecule has 39 heavy (non-hydrogen) atoms. The molecule has 9 nitrogen and oxygen atoms in total. The van der Waals surface area contributed by atoms with Gasteiger partial charge in [0.25, 0.3) is 5.91 Å². The molecule has 0 radical (unpaired) electrons. The Morgan fingerprint density at radius 3 is 2.05 bits per heavy atom. The molecule has 3 N–H and O–H groups in total. The summed E-state index contributed by atoms with van der Waals surface area (Å²) in [4.78, 5) is 28.0. The Hall–Kier alpha value is -3.75. The minimum Gasteiger partial charge on any atom is -0.493 e. The zero-order valence-electron chi connectivity index (χ0n) is 23.9. The van der Waals surface area contributed by atoms with Crippen LogP contribution in [-0.4, -0.2) is 49.1 Å². The number of hydrogen-bond donors (Lipinski definition) is 2. The van der Waals surface area contributed by atoms with Crippen LogP contribution in [0.5, 0.6) is 17.2 Å². The van der Waals surface area contributed by atoms with Crippen LogP contribution < -0.4 is 19.9 Å². The molecule has 0 saturated carbocycles. The van der Waals surface area contributed by atoms with Crippen molar-refractivity contribution in [1.29, 1.82) is 0 Å². The molecule has 0 atom stereocenters. The van der Waals surface area contributed by atoms with Crippen LogP contribution in [0.4, 0.5) is 0 Å². The maximum Gasteiger partial charge on any atom is 0.303 e. The zero-order valence-corrected chi connectivity index (χ0v) is 23.9. The Morgan fingerprint density at radius 1 is 0.846 bits per heavy atom. The second kappa shape index (κ2) is 15.6. The van der Waals surface area contributed by atoms with Crippen LogP contribution in [0.25, 0.3) is 0 Å². The highest BCUT2D eigenvalue weighted by atomic mass is 16.6. The third-order valence-electron chi connectivity index (χ3n) is 5.24. The van der Waals surface area contributed by atoms with Gasteiger partial charge in [0.15, 0.2) is 6.61 Å². The number of benzene rings is 2. The average Bonchev–Trinajstić information content (AvgIpc) is 2.86. The van der Waals surface area contributed by atoms with E-state index < -0.39 is 18.5 Å². The molecular weight excluding hydrogens is 500 g/mol. The smallest absolute Gasteiger partial charge is 0.303 e. The third-order valence-corrected chi connectivity index (χ3v) is 5.24. The van der Waals surface area contributed by atoms with Gasteiger partial charge in [0.1, 0.15) is 23.0 Å². The predicted molar refractivity (Wildman–Crippen MR) is 151 cm³/mol. The minimum absolute atomic E-state index is 0.0587. The molecule has 0 aliphatic rings. The molecule has 0 heterocycles. The van der Waals surface area contributed by atoms with Crippen molar-refractivity contribution in [3.8, 4) is 17.2 Å². The number of carboxylic acid groups (broad SMARTS) is 1. The highest BCUT2D eigenvalue weighted by Gasteiger charge is 2.19. The topological polar surface area (TPSA) is 130 Å². The monoisotopic (exact) mass is 542 g/mol. The first kappa shape index (κ1) is 31.5. The van der Waals surface area contributed by atoms with Gasteiger partial charge >= 0.3 is 5.97 Å². The molecule has 0 spiro atoms. The van der Waals surface area contributed by atoms with Gasteiger partial charge in [-0.15, -0.1) is 0 Å². The number of aryl methyl sites for hydroxylation is 1. The first-order chi connectivity index (χ1) is 18.5. The van der Waals surface area contributed by atoms with E-state index >= 15 is 0 Å². The number of aliphatic carboxylic acids is 1. The summed E-state index contributed by atoms with van der Waals surface area (Å²) in [6.45, 7) is 13.4. The number of amides is 1. The maximum atomic E-state index is 11.4. The summed E-state index contributed by atoms with van der Waals surface area (Å²) in [5.41, 5.74) is 7.65. The second-order valence-corrected chi connectivity index (χ2v) is 10.7. The standard InChI is InChI=1S/C30H42N2O7/c1-19(2)15-36-24-9-10-25(27(14-24)38-17-21(5)6)30(32-39-18-28(31)33)23-7-11-26(37-16-20(3)4)22(13-23)8-12-29(34)35/h7,9-11,13-14,19-21H,8,12,15-18H2,1-6H3,(H2,31,33)(H,34,35)/b32-30-. The molecule has 2 rings (SSSR count). The van der Waals surface area contributed by atoms with E-state index in [0.717, 1.165) is 5.56 Å². The number of primary amides is 1. The molecule has 2 aromatic rings. The highest BCUT2D eigenvalue weighted by Crippen LogP contribution is 2.31. The van der Waals surface area contributed by atoms with Crippen molar-refractivity contribution in [2.45, 2.75) is 54.4 Å². The van der Waals surface area contributed by atoms with E-state index in [2.05, 4.69) is 19.0 Å². The fourth-order valence-corrected chi connectivity index (χ4v) is 3.41. The summed E-state index contributed by atoms with van der Waals surface area (Å²) in [6, 6.07) is 10.9. The molecule has 0 fully saturated rings. The Bertz CT molecular complexity index is 1130. The summed E-state index contributed by atoms with van der Waals surface area (Å²) < 4.78 is 18.1. The minimum atomic E-state index is -0.907. The summed E-state index contributed by atoms with van der Waals surface area (Å²) >= 11 is 0. The fraction of sp³-hybridized carbons (Fsp3) is 0.500. The van der Waals surface area contributed by atoms with Gasteiger partial charge in [-0.05, 0) is 60.1 Å². The van der Waals surface area contributed by atoms with Crippen LogP contribution in [0.15, 0.2) is 41.6 Å². The predicted octanol–water partition coefficient (Wildman–Crippen LogP) is 5.06. The van der Waals surface area contributed by atoms with E-state index in [4.69, 9.17) is 24.8 Å². The van der Waals surface area contributed by atoms with Crippen LogP contribution in [0, 0.1) is 17.8 Å². The number of hydrogen-bond acceptors (Lipinski definition) is 7. The summed E-state index contributed by atoms with van der Waals surface area (Å²) in [5, 5.41) is 13.6. The van der Waals surface area contributed by atoms with Crippen LogP contribution >= 0.6 is 0 Å². The number of nitrogens with zero attached hydrogens (tertiary/aromatic N) is 1. The number of carboxylic acids is 1. The van der Waals surface area contributed by atoms with Crippen molar-refractivity contribution in [1.82, 2.24) is 0 Å². The number of carbonyl (C=O) groups is 2. The fourth-order valence-electron chi connectivity index (χ4n) is 3.41. The molecule has 0 unspecified atom stereocenters. The lowest BCUT2D eigenvalue weighted by molar-refractivity contribution is -0.137. The van der Waals surface area contributed by atoms with E-state index in [1.807, 2.05) is 58.0 Å². The molecule has 0 aliphatic heterocycles. The lowest BCUT2D eigenvalue weighted by Gasteiger charge is -2.18. The molecule has 2 aromatic carbocycles.